The van der Waals surface area contributed by atoms with Gasteiger partial charge < -0.3 is 14.8 Å². The molecular formula is C23H24N2O5S. The Kier molecular flexibility index (Phi) is 7.02. The van der Waals surface area contributed by atoms with Crippen molar-refractivity contribution in [3.63, 3.8) is 0 Å². The van der Waals surface area contributed by atoms with E-state index in [0.717, 1.165) is 27.8 Å². The van der Waals surface area contributed by atoms with E-state index in [2.05, 4.69) is 5.32 Å². The van der Waals surface area contributed by atoms with E-state index in [1.165, 1.54) is 7.11 Å². The maximum absolute atomic E-state index is 12.7. The van der Waals surface area contributed by atoms with Gasteiger partial charge in [0.05, 0.1) is 18.6 Å². The molecule has 0 saturated carbocycles. The maximum atomic E-state index is 12.7. The van der Waals surface area contributed by atoms with E-state index in [1.54, 1.807) is 24.3 Å². The van der Waals surface area contributed by atoms with Gasteiger partial charge in [0.2, 0.25) is 5.91 Å². The molecule has 0 radical (unpaired) electrons. The summed E-state index contributed by atoms with van der Waals surface area (Å²) < 4.78 is 10.8. The normalized spacial score (nSPS) is 14.8. The number of nitrogens with one attached hydrogen (secondary N) is 1. The van der Waals surface area contributed by atoms with Gasteiger partial charge in [0, 0.05) is 5.69 Å². The molecule has 1 heterocycles. The molecule has 1 saturated heterocycles. The summed E-state index contributed by atoms with van der Waals surface area (Å²) in [6.07, 6.45) is 1.60. The number of imide groups is 1. The number of carbonyl (C=O) groups excluding carboxylic acids is 3. The number of thioether (sulfide) groups is 1. The second-order valence-corrected chi connectivity index (χ2v) is 8.03. The molecule has 162 valence electrons. The summed E-state index contributed by atoms with van der Waals surface area (Å²) in [4.78, 5) is 38.7. The van der Waals surface area contributed by atoms with Crippen molar-refractivity contribution < 1.29 is 23.9 Å². The Morgan fingerprint density at radius 2 is 1.81 bits per heavy atom. The quantitative estimate of drug-likeness (QED) is 0.643. The Balaban J connectivity index is 1.72. The molecule has 0 spiro atoms. The van der Waals surface area contributed by atoms with E-state index >= 15 is 0 Å². The number of anilines is 1. The van der Waals surface area contributed by atoms with Crippen molar-refractivity contribution in [3.8, 4) is 11.5 Å². The summed E-state index contributed by atoms with van der Waals surface area (Å²) in [6.45, 7) is 5.89. The Morgan fingerprint density at radius 3 is 2.45 bits per heavy atom. The van der Waals surface area contributed by atoms with Gasteiger partial charge in [-0.1, -0.05) is 12.1 Å². The Bertz CT molecular complexity index is 1040. The molecule has 7 nitrogen and oxygen atoms in total. The fraction of sp³-hybridized carbons (Fsp3) is 0.261. The molecule has 0 aromatic heterocycles. The Labute approximate surface area is 185 Å². The average Bonchev–Trinajstić information content (AvgIpc) is 2.95. The zero-order valence-electron chi connectivity index (χ0n) is 17.9. The van der Waals surface area contributed by atoms with Gasteiger partial charge in [-0.3, -0.25) is 19.3 Å². The van der Waals surface area contributed by atoms with Crippen LogP contribution in [-0.4, -0.2) is 42.2 Å². The van der Waals surface area contributed by atoms with Crippen molar-refractivity contribution in [2.24, 2.45) is 0 Å². The first-order valence-corrected chi connectivity index (χ1v) is 10.6. The third-order valence-electron chi connectivity index (χ3n) is 4.47. The number of aryl methyl sites for hydroxylation is 2. The lowest BCUT2D eigenvalue weighted by molar-refractivity contribution is -0.127. The first kappa shape index (κ1) is 22.4. The van der Waals surface area contributed by atoms with Crippen molar-refractivity contribution in [1.82, 2.24) is 4.90 Å². The van der Waals surface area contributed by atoms with Crippen LogP contribution in [0.4, 0.5) is 10.5 Å². The summed E-state index contributed by atoms with van der Waals surface area (Å²) in [5.41, 5.74) is 3.34. The van der Waals surface area contributed by atoms with Crippen molar-refractivity contribution in [2.45, 2.75) is 20.8 Å². The minimum absolute atomic E-state index is 0.246. The summed E-state index contributed by atoms with van der Waals surface area (Å²) in [6, 6.07) is 10.9. The van der Waals surface area contributed by atoms with Crippen LogP contribution in [0.5, 0.6) is 11.5 Å². The van der Waals surface area contributed by atoms with E-state index in [9.17, 15) is 14.4 Å². The molecule has 0 aliphatic carbocycles. The molecule has 1 aliphatic heterocycles. The van der Waals surface area contributed by atoms with E-state index < -0.39 is 17.1 Å². The van der Waals surface area contributed by atoms with Crippen LogP contribution in [0.15, 0.2) is 41.3 Å². The summed E-state index contributed by atoms with van der Waals surface area (Å²) in [7, 11) is 1.53. The molecule has 1 aliphatic rings. The fourth-order valence-electron chi connectivity index (χ4n) is 3.23. The molecule has 0 bridgehead atoms. The largest absolute Gasteiger partial charge is 0.493 e. The van der Waals surface area contributed by atoms with Gasteiger partial charge in [-0.2, -0.15) is 0 Å². The van der Waals surface area contributed by atoms with E-state index in [-0.39, 0.29) is 11.4 Å². The van der Waals surface area contributed by atoms with E-state index in [0.29, 0.717) is 29.4 Å². The molecule has 1 N–H and O–H groups in total. The smallest absolute Gasteiger partial charge is 0.294 e. The van der Waals surface area contributed by atoms with E-state index in [4.69, 9.17) is 9.47 Å². The van der Waals surface area contributed by atoms with Gasteiger partial charge in [-0.05, 0) is 79.6 Å². The number of hydrogen-bond acceptors (Lipinski definition) is 6. The third-order valence-corrected chi connectivity index (χ3v) is 5.37. The fourth-order valence-corrected chi connectivity index (χ4v) is 4.07. The Hall–Kier alpha value is -3.26. The molecule has 3 amide bonds. The maximum Gasteiger partial charge on any atom is 0.294 e. The van der Waals surface area contributed by atoms with Gasteiger partial charge >= 0.3 is 0 Å². The first-order valence-electron chi connectivity index (χ1n) is 9.75. The second kappa shape index (κ2) is 9.70. The summed E-state index contributed by atoms with van der Waals surface area (Å²) >= 11 is 0.804. The van der Waals surface area contributed by atoms with E-state index in [1.807, 2.05) is 39.0 Å². The number of hydrogen-bond donors (Lipinski definition) is 1. The predicted octanol–water partition coefficient (Wildman–Crippen LogP) is 4.39. The lowest BCUT2D eigenvalue weighted by Gasteiger charge is -2.13. The number of amides is 3. The summed E-state index contributed by atoms with van der Waals surface area (Å²) in [5.74, 6) is 0.190. The van der Waals surface area contributed by atoms with Gasteiger partial charge in [-0.25, -0.2) is 0 Å². The third kappa shape index (κ3) is 5.46. The highest BCUT2D eigenvalue weighted by Crippen LogP contribution is 2.34. The minimum atomic E-state index is -0.501. The highest BCUT2D eigenvalue weighted by molar-refractivity contribution is 8.18. The molecule has 0 unspecified atom stereocenters. The van der Waals surface area contributed by atoms with Crippen LogP contribution in [0.3, 0.4) is 0 Å². The topological polar surface area (TPSA) is 84.9 Å². The van der Waals surface area contributed by atoms with Crippen LogP contribution in [0, 0.1) is 13.8 Å². The molecule has 1 fully saturated rings. The first-order chi connectivity index (χ1) is 14.8. The predicted molar refractivity (Wildman–Crippen MR) is 121 cm³/mol. The zero-order chi connectivity index (χ0) is 22.5. The van der Waals surface area contributed by atoms with Crippen LogP contribution in [0.1, 0.15) is 23.6 Å². The van der Waals surface area contributed by atoms with Crippen LogP contribution in [-0.2, 0) is 9.59 Å². The highest BCUT2D eigenvalue weighted by atomic mass is 32.2. The molecule has 2 aromatic carbocycles. The monoisotopic (exact) mass is 440 g/mol. The SMILES string of the molecule is CCOc1ccc(/C=C2/SC(=O)N(CC(=O)Nc3cc(C)cc(C)c3)C2=O)cc1OC. The van der Waals surface area contributed by atoms with Crippen molar-refractivity contribution in [2.75, 3.05) is 25.6 Å². The number of nitrogens with zero attached hydrogens (tertiary/aromatic N) is 1. The summed E-state index contributed by atoms with van der Waals surface area (Å²) in [5, 5.41) is 2.26. The van der Waals surface area contributed by atoms with Crippen molar-refractivity contribution in [1.29, 1.82) is 0 Å². The van der Waals surface area contributed by atoms with Gasteiger partial charge in [0.25, 0.3) is 11.1 Å². The Morgan fingerprint density at radius 1 is 1.10 bits per heavy atom. The number of ether oxygens (including phenoxy) is 2. The molecule has 2 aromatic rings. The lowest BCUT2D eigenvalue weighted by atomic mass is 10.1. The van der Waals surface area contributed by atoms with Crippen LogP contribution >= 0.6 is 11.8 Å². The number of methoxy groups -OCH3 is 1. The number of carbonyl (C=O) groups is 3. The molecule has 8 heteroatoms. The molecule has 31 heavy (non-hydrogen) atoms. The minimum Gasteiger partial charge on any atom is -0.493 e. The standard InChI is InChI=1S/C23H24N2O5S/c1-5-30-18-7-6-16(11-19(18)29-4)12-20-22(27)25(23(28)31-20)13-21(26)24-17-9-14(2)8-15(3)10-17/h6-12H,5,13H2,1-4H3,(H,24,26)/b20-12+. The van der Waals surface area contributed by atoms with Crippen LogP contribution in [0.2, 0.25) is 0 Å². The highest BCUT2D eigenvalue weighted by Gasteiger charge is 2.36. The number of benzene rings is 2. The molecular weight excluding hydrogens is 416 g/mol. The van der Waals surface area contributed by atoms with Gasteiger partial charge in [0.1, 0.15) is 6.54 Å². The second-order valence-electron chi connectivity index (χ2n) is 7.04. The van der Waals surface area contributed by atoms with Crippen LogP contribution < -0.4 is 14.8 Å². The van der Waals surface area contributed by atoms with Gasteiger partial charge in [0.15, 0.2) is 11.5 Å². The zero-order valence-corrected chi connectivity index (χ0v) is 18.7. The van der Waals surface area contributed by atoms with Gasteiger partial charge in [-0.15, -0.1) is 0 Å². The molecule has 0 atom stereocenters. The average molecular weight is 441 g/mol. The number of rotatable bonds is 7. The van der Waals surface area contributed by atoms with Crippen molar-refractivity contribution >= 4 is 40.6 Å². The lowest BCUT2D eigenvalue weighted by Crippen LogP contribution is -2.36. The van der Waals surface area contributed by atoms with Crippen LogP contribution in [0.25, 0.3) is 6.08 Å². The van der Waals surface area contributed by atoms with Crippen molar-refractivity contribution in [3.05, 3.63) is 58.0 Å². The molecule has 3 rings (SSSR count).